The highest BCUT2D eigenvalue weighted by Crippen LogP contribution is 2.17. The van der Waals surface area contributed by atoms with Gasteiger partial charge in [0, 0.05) is 23.6 Å². The van der Waals surface area contributed by atoms with E-state index >= 15 is 0 Å². The number of allylic oxidation sites excluding steroid dienone is 2. The predicted molar refractivity (Wildman–Crippen MR) is 96.5 cm³/mol. The summed E-state index contributed by atoms with van der Waals surface area (Å²) in [5, 5.41) is 13.1. The third-order valence-corrected chi connectivity index (χ3v) is 3.79. The van der Waals surface area contributed by atoms with Crippen molar-refractivity contribution in [3.63, 3.8) is 0 Å². The minimum absolute atomic E-state index is 0.0572. The lowest BCUT2D eigenvalue weighted by Gasteiger charge is -2.03. The summed E-state index contributed by atoms with van der Waals surface area (Å²) in [5.41, 5.74) is 2.27. The van der Waals surface area contributed by atoms with Gasteiger partial charge in [0.15, 0.2) is 0 Å². The number of nitrogens with one attached hydrogen (secondary N) is 2. The van der Waals surface area contributed by atoms with Gasteiger partial charge in [0.05, 0.1) is 6.26 Å². The molecule has 0 aliphatic carbocycles. The van der Waals surface area contributed by atoms with Crippen LogP contribution in [0.25, 0.3) is 17.0 Å². The zero-order valence-corrected chi connectivity index (χ0v) is 13.5. The van der Waals surface area contributed by atoms with Crippen LogP contribution in [0.1, 0.15) is 11.3 Å². The lowest BCUT2D eigenvalue weighted by molar-refractivity contribution is -0.117. The first kappa shape index (κ1) is 16.3. The summed E-state index contributed by atoms with van der Waals surface area (Å²) in [6, 6.07) is 13.5. The van der Waals surface area contributed by atoms with Crippen molar-refractivity contribution < 1.29 is 9.21 Å². The number of carbonyl (C=O) groups excluding carboxylic acids is 1. The molecule has 0 fully saturated rings. The third-order valence-electron chi connectivity index (χ3n) is 3.79. The molecule has 25 heavy (non-hydrogen) atoms. The maximum absolute atomic E-state index is 12.1. The number of nitrogens with zero attached hydrogens (tertiary/aromatic N) is 1. The smallest absolute Gasteiger partial charge is 0.261 e. The fourth-order valence-corrected chi connectivity index (χ4v) is 2.53. The van der Waals surface area contributed by atoms with Gasteiger partial charge < -0.3 is 14.7 Å². The van der Waals surface area contributed by atoms with Gasteiger partial charge in [0.25, 0.3) is 5.91 Å². The van der Waals surface area contributed by atoms with E-state index in [9.17, 15) is 4.79 Å². The molecule has 3 rings (SSSR count). The van der Waals surface area contributed by atoms with Crippen molar-refractivity contribution >= 4 is 22.9 Å². The first-order chi connectivity index (χ1) is 12.3. The van der Waals surface area contributed by atoms with Gasteiger partial charge in [-0.25, -0.2) is 0 Å². The SMILES string of the molecule is N#CC(=CC=Cc1ccco1)C(=O)NCCc1c[nH]c2ccccc12. The molecule has 0 aliphatic heterocycles. The first-order valence-electron chi connectivity index (χ1n) is 7.93. The molecule has 0 saturated carbocycles. The van der Waals surface area contributed by atoms with Gasteiger partial charge in [-0.15, -0.1) is 0 Å². The largest absolute Gasteiger partial charge is 0.465 e. The zero-order valence-electron chi connectivity index (χ0n) is 13.5. The zero-order chi connectivity index (χ0) is 17.5. The van der Waals surface area contributed by atoms with Crippen LogP contribution in [0.3, 0.4) is 0 Å². The van der Waals surface area contributed by atoms with Crippen LogP contribution in [0.4, 0.5) is 0 Å². The Labute approximate surface area is 145 Å². The number of aromatic nitrogens is 1. The molecule has 0 unspecified atom stereocenters. The van der Waals surface area contributed by atoms with Gasteiger partial charge in [-0.05, 0) is 42.3 Å². The summed E-state index contributed by atoms with van der Waals surface area (Å²) in [7, 11) is 0. The van der Waals surface area contributed by atoms with E-state index in [1.54, 1.807) is 30.5 Å². The Morgan fingerprint density at radius 3 is 2.96 bits per heavy atom. The van der Waals surface area contributed by atoms with Crippen LogP contribution in [0, 0.1) is 11.3 Å². The normalized spacial score (nSPS) is 11.7. The fraction of sp³-hybridized carbons (Fsp3) is 0.100. The van der Waals surface area contributed by atoms with Crippen molar-refractivity contribution in [3.05, 3.63) is 77.9 Å². The first-order valence-corrected chi connectivity index (χ1v) is 7.93. The van der Waals surface area contributed by atoms with Crippen molar-refractivity contribution in [3.8, 4) is 6.07 Å². The van der Waals surface area contributed by atoms with Crippen LogP contribution in [0.15, 0.2) is 71.0 Å². The maximum atomic E-state index is 12.1. The van der Waals surface area contributed by atoms with Crippen molar-refractivity contribution in [2.45, 2.75) is 6.42 Å². The number of hydrogen-bond acceptors (Lipinski definition) is 3. The third kappa shape index (κ3) is 4.06. The number of hydrogen-bond donors (Lipinski definition) is 2. The topological polar surface area (TPSA) is 81.8 Å². The number of nitriles is 1. The second-order valence-corrected chi connectivity index (χ2v) is 5.43. The van der Waals surface area contributed by atoms with Gasteiger partial charge >= 0.3 is 0 Å². The Morgan fingerprint density at radius 2 is 2.16 bits per heavy atom. The second-order valence-electron chi connectivity index (χ2n) is 5.43. The van der Waals surface area contributed by atoms with E-state index in [1.807, 2.05) is 36.5 Å². The molecule has 5 nitrogen and oxygen atoms in total. The van der Waals surface area contributed by atoms with Crippen molar-refractivity contribution in [2.24, 2.45) is 0 Å². The number of carbonyl (C=O) groups is 1. The van der Waals surface area contributed by atoms with Crippen LogP contribution in [0.2, 0.25) is 0 Å². The molecule has 1 amide bonds. The standard InChI is InChI=1S/C20H17N3O2/c21-13-15(5-3-6-17-7-4-12-25-17)20(24)22-11-10-16-14-23-19-9-2-1-8-18(16)19/h1-9,12,14,23H,10-11H2,(H,22,24). The Hall–Kier alpha value is -3.52. The Morgan fingerprint density at radius 1 is 1.28 bits per heavy atom. The lowest BCUT2D eigenvalue weighted by Crippen LogP contribution is -2.26. The number of benzene rings is 1. The molecule has 1 aromatic carbocycles. The number of fused-ring (bicyclic) bond motifs is 1. The van der Waals surface area contributed by atoms with Crippen LogP contribution >= 0.6 is 0 Å². The Kier molecular flexibility index (Phi) is 5.13. The monoisotopic (exact) mass is 331 g/mol. The number of furan rings is 1. The minimum Gasteiger partial charge on any atom is -0.465 e. The van der Waals surface area contributed by atoms with Gasteiger partial charge in [-0.3, -0.25) is 4.79 Å². The van der Waals surface area contributed by atoms with Gasteiger partial charge in [0.1, 0.15) is 17.4 Å². The molecule has 2 heterocycles. The summed E-state index contributed by atoms with van der Waals surface area (Å²) >= 11 is 0. The highest BCUT2D eigenvalue weighted by molar-refractivity contribution is 5.97. The molecule has 0 saturated heterocycles. The van der Waals surface area contributed by atoms with Crippen molar-refractivity contribution in [2.75, 3.05) is 6.54 Å². The molecule has 0 spiro atoms. The maximum Gasteiger partial charge on any atom is 0.261 e. The van der Waals surface area contributed by atoms with Gasteiger partial charge in [-0.1, -0.05) is 24.3 Å². The molecule has 2 aromatic heterocycles. The summed E-state index contributed by atoms with van der Waals surface area (Å²) < 4.78 is 5.15. The van der Waals surface area contributed by atoms with Crippen molar-refractivity contribution in [1.82, 2.24) is 10.3 Å². The van der Waals surface area contributed by atoms with Gasteiger partial charge in [-0.2, -0.15) is 5.26 Å². The number of rotatable bonds is 6. The quantitative estimate of drug-likeness (QED) is 0.411. The van der Waals surface area contributed by atoms with Gasteiger partial charge in [0.2, 0.25) is 0 Å². The molecular weight excluding hydrogens is 314 g/mol. The molecule has 0 radical (unpaired) electrons. The van der Waals surface area contributed by atoms with E-state index in [1.165, 1.54) is 6.08 Å². The number of aromatic amines is 1. The number of para-hydroxylation sites is 1. The molecule has 124 valence electrons. The van der Waals surface area contributed by atoms with E-state index in [0.717, 1.165) is 16.5 Å². The second kappa shape index (κ2) is 7.84. The summed E-state index contributed by atoms with van der Waals surface area (Å²) in [4.78, 5) is 15.3. The van der Waals surface area contributed by atoms with E-state index in [2.05, 4.69) is 10.3 Å². The number of H-pyrrole nitrogens is 1. The highest BCUT2D eigenvalue weighted by atomic mass is 16.3. The molecule has 2 N–H and O–H groups in total. The Balaban J connectivity index is 1.56. The highest BCUT2D eigenvalue weighted by Gasteiger charge is 2.08. The summed E-state index contributed by atoms with van der Waals surface area (Å²) in [6.45, 7) is 0.460. The van der Waals surface area contributed by atoms with E-state index in [0.29, 0.717) is 18.7 Å². The summed E-state index contributed by atoms with van der Waals surface area (Å²) in [5.74, 6) is 0.278. The predicted octanol–water partition coefficient (Wildman–Crippen LogP) is 3.58. The number of amides is 1. The molecule has 5 heteroatoms. The molecule has 0 bridgehead atoms. The fourth-order valence-electron chi connectivity index (χ4n) is 2.53. The molecular formula is C20H17N3O2. The Bertz CT molecular complexity index is 956. The van der Waals surface area contributed by atoms with E-state index in [-0.39, 0.29) is 11.5 Å². The summed E-state index contributed by atoms with van der Waals surface area (Å²) in [6.07, 6.45) is 8.99. The van der Waals surface area contributed by atoms with E-state index < -0.39 is 0 Å². The van der Waals surface area contributed by atoms with Crippen LogP contribution in [-0.2, 0) is 11.2 Å². The van der Waals surface area contributed by atoms with Crippen molar-refractivity contribution in [1.29, 1.82) is 5.26 Å². The minimum atomic E-state index is -0.383. The average molecular weight is 331 g/mol. The van der Waals surface area contributed by atoms with Crippen LogP contribution < -0.4 is 5.32 Å². The van der Waals surface area contributed by atoms with Crippen LogP contribution in [0.5, 0.6) is 0 Å². The van der Waals surface area contributed by atoms with Crippen LogP contribution in [-0.4, -0.2) is 17.4 Å². The van der Waals surface area contributed by atoms with E-state index in [4.69, 9.17) is 9.68 Å². The molecule has 0 aliphatic rings. The average Bonchev–Trinajstić information content (AvgIpc) is 3.29. The lowest BCUT2D eigenvalue weighted by atomic mass is 10.1. The molecule has 0 atom stereocenters. The molecule has 3 aromatic rings.